The molecular formula is C14H17ClO5. The molecule has 5 nitrogen and oxygen atoms in total. The lowest BCUT2D eigenvalue weighted by Gasteiger charge is -2.17. The van der Waals surface area contributed by atoms with Crippen LogP contribution in [-0.2, 0) is 9.53 Å². The van der Waals surface area contributed by atoms with Gasteiger partial charge in [0, 0.05) is 0 Å². The minimum absolute atomic E-state index is 0.0434. The van der Waals surface area contributed by atoms with Gasteiger partial charge in [0.1, 0.15) is 0 Å². The van der Waals surface area contributed by atoms with Crippen molar-refractivity contribution in [1.82, 2.24) is 0 Å². The summed E-state index contributed by atoms with van der Waals surface area (Å²) in [6, 6.07) is 3.04. The van der Waals surface area contributed by atoms with Crippen molar-refractivity contribution in [1.29, 1.82) is 0 Å². The van der Waals surface area contributed by atoms with E-state index >= 15 is 0 Å². The number of carbonyl (C=O) groups excluding carboxylic acids is 2. The van der Waals surface area contributed by atoms with Gasteiger partial charge in [-0.1, -0.05) is 11.6 Å². The van der Waals surface area contributed by atoms with Crippen LogP contribution in [0.5, 0.6) is 11.5 Å². The van der Waals surface area contributed by atoms with E-state index in [-0.39, 0.29) is 29.0 Å². The number of Topliss-reactive ketones (excluding diaryl/α,β-unsaturated/α-hetero) is 1. The van der Waals surface area contributed by atoms with Crippen LogP contribution in [0.4, 0.5) is 0 Å². The average Bonchev–Trinajstić information content (AvgIpc) is 2.38. The first-order valence-electron chi connectivity index (χ1n) is 6.16. The molecule has 0 radical (unpaired) electrons. The van der Waals surface area contributed by atoms with Crippen LogP contribution in [0.25, 0.3) is 0 Å². The first-order valence-corrected chi connectivity index (χ1v) is 6.54. The van der Waals surface area contributed by atoms with E-state index in [0.717, 1.165) is 0 Å². The zero-order valence-corrected chi connectivity index (χ0v) is 12.6. The highest BCUT2D eigenvalue weighted by Crippen LogP contribution is 2.37. The Morgan fingerprint density at radius 3 is 2.45 bits per heavy atom. The SMILES string of the molecule is CCOC(=O)C(=O)c1c(Cl)ccc(OC)c1OC(C)C. The van der Waals surface area contributed by atoms with E-state index in [1.807, 2.05) is 0 Å². The first-order chi connectivity index (χ1) is 9.42. The summed E-state index contributed by atoms with van der Waals surface area (Å²) in [5, 5.41) is 0.111. The smallest absolute Gasteiger partial charge is 0.379 e. The highest BCUT2D eigenvalue weighted by molar-refractivity contribution is 6.46. The molecule has 0 unspecified atom stereocenters. The standard InChI is InChI=1S/C14H17ClO5/c1-5-19-14(17)12(16)11-9(15)6-7-10(18-4)13(11)20-8(2)3/h6-8H,5H2,1-4H3. The number of methoxy groups -OCH3 is 1. The molecule has 0 N–H and O–H groups in total. The molecule has 0 aliphatic carbocycles. The number of ketones is 1. The van der Waals surface area contributed by atoms with E-state index in [1.54, 1.807) is 26.8 Å². The minimum atomic E-state index is -0.976. The number of carbonyl (C=O) groups is 2. The highest BCUT2D eigenvalue weighted by atomic mass is 35.5. The number of rotatable bonds is 6. The van der Waals surface area contributed by atoms with Crippen molar-refractivity contribution in [2.45, 2.75) is 26.9 Å². The maximum Gasteiger partial charge on any atom is 0.379 e. The van der Waals surface area contributed by atoms with Crippen LogP contribution in [0.3, 0.4) is 0 Å². The third-order valence-electron chi connectivity index (χ3n) is 2.33. The molecule has 0 fully saturated rings. The largest absolute Gasteiger partial charge is 0.493 e. The molecule has 0 saturated heterocycles. The second-order valence-electron chi connectivity index (χ2n) is 4.17. The molecule has 0 amide bonds. The fourth-order valence-electron chi connectivity index (χ4n) is 1.56. The molecule has 110 valence electrons. The summed E-state index contributed by atoms with van der Waals surface area (Å²) in [6.07, 6.45) is -0.212. The zero-order valence-electron chi connectivity index (χ0n) is 11.9. The maximum atomic E-state index is 12.1. The normalized spacial score (nSPS) is 10.3. The molecule has 0 bridgehead atoms. The Morgan fingerprint density at radius 1 is 1.30 bits per heavy atom. The van der Waals surface area contributed by atoms with Gasteiger partial charge in [-0.15, -0.1) is 0 Å². The summed E-state index contributed by atoms with van der Waals surface area (Å²) in [7, 11) is 1.44. The van der Waals surface area contributed by atoms with Crippen molar-refractivity contribution >= 4 is 23.4 Å². The molecule has 6 heteroatoms. The van der Waals surface area contributed by atoms with E-state index in [1.165, 1.54) is 13.2 Å². The molecule has 0 aromatic heterocycles. The van der Waals surface area contributed by atoms with E-state index < -0.39 is 11.8 Å². The molecule has 0 heterocycles. The van der Waals surface area contributed by atoms with Crippen molar-refractivity contribution in [2.24, 2.45) is 0 Å². The molecule has 1 aromatic carbocycles. The van der Waals surface area contributed by atoms with Gasteiger partial charge in [-0.3, -0.25) is 4.79 Å². The first kappa shape index (κ1) is 16.3. The highest BCUT2D eigenvalue weighted by Gasteiger charge is 2.27. The molecule has 0 aliphatic rings. The third-order valence-corrected chi connectivity index (χ3v) is 2.65. The summed E-state index contributed by atoms with van der Waals surface area (Å²) >= 11 is 6.02. The molecular weight excluding hydrogens is 284 g/mol. The summed E-state index contributed by atoms with van der Waals surface area (Å²) < 4.78 is 15.4. The van der Waals surface area contributed by atoms with Gasteiger partial charge in [0.25, 0.3) is 5.78 Å². The lowest BCUT2D eigenvalue weighted by molar-refractivity contribution is -0.137. The molecule has 0 saturated carbocycles. The van der Waals surface area contributed by atoms with Crippen LogP contribution in [0, 0.1) is 0 Å². The number of hydrogen-bond acceptors (Lipinski definition) is 5. The van der Waals surface area contributed by atoms with Gasteiger partial charge < -0.3 is 14.2 Å². The van der Waals surface area contributed by atoms with Crippen molar-refractivity contribution in [3.63, 3.8) is 0 Å². The molecule has 0 atom stereocenters. The Labute approximate surface area is 122 Å². The van der Waals surface area contributed by atoms with Gasteiger partial charge in [-0.2, -0.15) is 0 Å². The minimum Gasteiger partial charge on any atom is -0.493 e. The number of hydrogen-bond donors (Lipinski definition) is 0. The maximum absolute atomic E-state index is 12.1. The van der Waals surface area contributed by atoms with Crippen LogP contribution in [0.1, 0.15) is 31.1 Å². The predicted molar refractivity (Wildman–Crippen MR) is 74.7 cm³/mol. The van der Waals surface area contributed by atoms with Crippen molar-refractivity contribution in [3.8, 4) is 11.5 Å². The topological polar surface area (TPSA) is 61.8 Å². The second-order valence-corrected chi connectivity index (χ2v) is 4.58. The lowest BCUT2D eigenvalue weighted by atomic mass is 10.1. The fourth-order valence-corrected chi connectivity index (χ4v) is 1.80. The molecule has 1 rings (SSSR count). The fraction of sp³-hybridized carbons (Fsp3) is 0.429. The Hall–Kier alpha value is -1.75. The zero-order chi connectivity index (χ0) is 15.3. The number of halogens is 1. The van der Waals surface area contributed by atoms with Gasteiger partial charge in [-0.25, -0.2) is 4.79 Å². The van der Waals surface area contributed by atoms with Gasteiger partial charge in [0.05, 0.1) is 30.4 Å². The van der Waals surface area contributed by atoms with Gasteiger partial charge in [-0.05, 0) is 32.9 Å². The van der Waals surface area contributed by atoms with Crippen molar-refractivity contribution < 1.29 is 23.8 Å². The second kappa shape index (κ2) is 7.14. The Kier molecular flexibility index (Phi) is 5.82. The Balaban J connectivity index is 3.34. The van der Waals surface area contributed by atoms with E-state index in [0.29, 0.717) is 5.75 Å². The van der Waals surface area contributed by atoms with Crippen LogP contribution in [0.15, 0.2) is 12.1 Å². The van der Waals surface area contributed by atoms with Gasteiger partial charge in [0.2, 0.25) is 0 Å². The van der Waals surface area contributed by atoms with Gasteiger partial charge >= 0.3 is 5.97 Å². The summed E-state index contributed by atoms with van der Waals surface area (Å²) in [6.45, 7) is 5.30. The van der Waals surface area contributed by atoms with Crippen LogP contribution in [0.2, 0.25) is 5.02 Å². The number of esters is 1. The summed E-state index contributed by atoms with van der Waals surface area (Å²) in [4.78, 5) is 23.7. The molecule has 1 aromatic rings. The molecule has 20 heavy (non-hydrogen) atoms. The average molecular weight is 301 g/mol. The summed E-state index contributed by atoms with van der Waals surface area (Å²) in [5.41, 5.74) is -0.0434. The molecule has 0 spiro atoms. The summed E-state index contributed by atoms with van der Waals surface area (Å²) in [5.74, 6) is -1.36. The third kappa shape index (κ3) is 3.63. The van der Waals surface area contributed by atoms with Crippen LogP contribution < -0.4 is 9.47 Å². The Morgan fingerprint density at radius 2 is 1.95 bits per heavy atom. The van der Waals surface area contributed by atoms with E-state index in [4.69, 9.17) is 25.8 Å². The van der Waals surface area contributed by atoms with Crippen molar-refractivity contribution in [2.75, 3.05) is 13.7 Å². The Bertz CT molecular complexity index is 511. The van der Waals surface area contributed by atoms with Crippen molar-refractivity contribution in [3.05, 3.63) is 22.7 Å². The van der Waals surface area contributed by atoms with E-state index in [9.17, 15) is 9.59 Å². The van der Waals surface area contributed by atoms with Gasteiger partial charge in [0.15, 0.2) is 11.5 Å². The molecule has 0 aliphatic heterocycles. The predicted octanol–water partition coefficient (Wildman–Crippen LogP) is 2.88. The quantitative estimate of drug-likeness (QED) is 0.459. The van der Waals surface area contributed by atoms with E-state index in [2.05, 4.69) is 0 Å². The van der Waals surface area contributed by atoms with Crippen LogP contribution >= 0.6 is 11.6 Å². The van der Waals surface area contributed by atoms with Crippen LogP contribution in [-0.4, -0.2) is 31.6 Å². The lowest BCUT2D eigenvalue weighted by Crippen LogP contribution is -2.20. The monoisotopic (exact) mass is 300 g/mol. The number of benzene rings is 1. The number of ether oxygens (including phenoxy) is 3.